The van der Waals surface area contributed by atoms with Crippen LogP contribution in [-0.4, -0.2) is 45.1 Å². The van der Waals surface area contributed by atoms with Gasteiger partial charge in [0.05, 0.1) is 24.5 Å². The summed E-state index contributed by atoms with van der Waals surface area (Å²) in [7, 11) is -2.97. The molecular formula is C10H19NO4S. The van der Waals surface area contributed by atoms with E-state index in [0.717, 1.165) is 12.8 Å². The first kappa shape index (κ1) is 13.4. The van der Waals surface area contributed by atoms with Crippen molar-refractivity contribution in [3.63, 3.8) is 0 Å². The molecule has 1 saturated heterocycles. The van der Waals surface area contributed by atoms with Crippen LogP contribution in [0.25, 0.3) is 0 Å². The Bertz CT molecular complexity index is 326. The summed E-state index contributed by atoms with van der Waals surface area (Å²) in [5, 5.41) is 3.02. The van der Waals surface area contributed by atoms with Crippen molar-refractivity contribution in [3.05, 3.63) is 0 Å². The normalized spacial score (nSPS) is 23.9. The van der Waals surface area contributed by atoms with Gasteiger partial charge in [-0.05, 0) is 6.42 Å². The van der Waals surface area contributed by atoms with Crippen molar-refractivity contribution >= 4 is 15.8 Å². The van der Waals surface area contributed by atoms with Crippen molar-refractivity contribution < 1.29 is 17.9 Å². The largest absolute Gasteiger partial charge is 0.466 e. The van der Waals surface area contributed by atoms with Gasteiger partial charge >= 0.3 is 5.97 Å². The predicted molar refractivity (Wildman–Crippen MR) is 60.9 cm³/mol. The summed E-state index contributed by atoms with van der Waals surface area (Å²) in [4.78, 5) is 11.3. The average Bonchev–Trinajstić information content (AvgIpc) is 2.16. The Kier molecular flexibility index (Phi) is 5.21. The highest BCUT2D eigenvalue weighted by molar-refractivity contribution is 7.91. The molecule has 0 spiro atoms. The maximum Gasteiger partial charge on any atom is 0.307 e. The van der Waals surface area contributed by atoms with E-state index in [1.807, 2.05) is 6.92 Å². The van der Waals surface area contributed by atoms with Crippen LogP contribution in [0.3, 0.4) is 0 Å². The molecule has 0 aromatic carbocycles. The Morgan fingerprint density at radius 2 is 2.25 bits per heavy atom. The molecule has 0 amide bonds. The van der Waals surface area contributed by atoms with Gasteiger partial charge in [-0.1, -0.05) is 13.3 Å². The molecule has 0 aliphatic carbocycles. The first-order valence-corrected chi connectivity index (χ1v) is 7.45. The zero-order valence-corrected chi connectivity index (χ0v) is 10.4. The van der Waals surface area contributed by atoms with Gasteiger partial charge in [0.2, 0.25) is 0 Å². The molecule has 6 heteroatoms. The van der Waals surface area contributed by atoms with Crippen molar-refractivity contribution in [1.82, 2.24) is 5.32 Å². The van der Waals surface area contributed by atoms with Crippen LogP contribution in [0.4, 0.5) is 0 Å². The van der Waals surface area contributed by atoms with E-state index in [9.17, 15) is 13.2 Å². The standard InChI is InChI=1S/C10H19NO4S/c1-2-3-5-15-10(12)7-9-8-16(13,14)6-4-11-9/h9,11H,2-8H2,1H3. The highest BCUT2D eigenvalue weighted by Gasteiger charge is 2.26. The molecule has 1 N–H and O–H groups in total. The molecule has 16 heavy (non-hydrogen) atoms. The Morgan fingerprint density at radius 1 is 1.50 bits per heavy atom. The van der Waals surface area contributed by atoms with Gasteiger partial charge in [0, 0.05) is 12.6 Å². The molecule has 0 saturated carbocycles. The smallest absolute Gasteiger partial charge is 0.307 e. The first-order valence-electron chi connectivity index (χ1n) is 5.63. The van der Waals surface area contributed by atoms with Gasteiger partial charge in [-0.25, -0.2) is 8.42 Å². The maximum absolute atomic E-state index is 11.3. The molecule has 0 bridgehead atoms. The minimum Gasteiger partial charge on any atom is -0.466 e. The molecule has 1 heterocycles. The monoisotopic (exact) mass is 249 g/mol. The van der Waals surface area contributed by atoms with E-state index >= 15 is 0 Å². The second kappa shape index (κ2) is 6.20. The summed E-state index contributed by atoms with van der Waals surface area (Å²) < 4.78 is 27.6. The fraction of sp³-hybridized carbons (Fsp3) is 0.900. The van der Waals surface area contributed by atoms with Crippen molar-refractivity contribution in [1.29, 1.82) is 0 Å². The third kappa shape index (κ3) is 4.94. The summed E-state index contributed by atoms with van der Waals surface area (Å²) in [5.74, 6) is -0.118. The molecule has 1 unspecified atom stereocenters. The van der Waals surface area contributed by atoms with E-state index in [0.29, 0.717) is 13.2 Å². The van der Waals surface area contributed by atoms with Crippen LogP contribution in [-0.2, 0) is 19.4 Å². The number of carbonyl (C=O) groups excluding carboxylic acids is 1. The minimum absolute atomic E-state index is 0.0376. The van der Waals surface area contributed by atoms with E-state index in [4.69, 9.17) is 4.74 Å². The van der Waals surface area contributed by atoms with Gasteiger partial charge < -0.3 is 10.1 Å². The molecule has 1 fully saturated rings. The summed E-state index contributed by atoms with van der Waals surface area (Å²) >= 11 is 0. The molecule has 5 nitrogen and oxygen atoms in total. The maximum atomic E-state index is 11.3. The molecular weight excluding hydrogens is 230 g/mol. The molecule has 0 radical (unpaired) electrons. The van der Waals surface area contributed by atoms with Gasteiger partial charge in [0.25, 0.3) is 0 Å². The van der Waals surface area contributed by atoms with Crippen LogP contribution in [0.5, 0.6) is 0 Å². The van der Waals surface area contributed by atoms with E-state index in [2.05, 4.69) is 5.32 Å². The van der Waals surface area contributed by atoms with Gasteiger partial charge in [0.15, 0.2) is 9.84 Å². The van der Waals surface area contributed by atoms with Gasteiger partial charge in [-0.2, -0.15) is 0 Å². The minimum atomic E-state index is -2.97. The summed E-state index contributed by atoms with van der Waals surface area (Å²) in [6.45, 7) is 2.87. The molecule has 0 aromatic rings. The van der Waals surface area contributed by atoms with Crippen molar-refractivity contribution in [2.24, 2.45) is 0 Å². The Labute approximate surface area is 96.5 Å². The van der Waals surface area contributed by atoms with E-state index in [-0.39, 0.29) is 29.9 Å². The molecule has 1 atom stereocenters. The van der Waals surface area contributed by atoms with Gasteiger partial charge in [0.1, 0.15) is 0 Å². The van der Waals surface area contributed by atoms with E-state index in [1.165, 1.54) is 0 Å². The van der Waals surface area contributed by atoms with Crippen molar-refractivity contribution in [2.75, 3.05) is 24.7 Å². The first-order chi connectivity index (χ1) is 7.53. The van der Waals surface area contributed by atoms with Crippen LogP contribution in [0.2, 0.25) is 0 Å². The number of esters is 1. The number of carbonyl (C=O) groups is 1. The lowest BCUT2D eigenvalue weighted by atomic mass is 10.2. The van der Waals surface area contributed by atoms with E-state index in [1.54, 1.807) is 0 Å². The zero-order valence-electron chi connectivity index (χ0n) is 9.57. The Hall–Kier alpha value is -0.620. The lowest BCUT2D eigenvalue weighted by molar-refractivity contribution is -0.144. The van der Waals surface area contributed by atoms with Crippen LogP contribution in [0.15, 0.2) is 0 Å². The highest BCUT2D eigenvalue weighted by atomic mass is 32.2. The highest BCUT2D eigenvalue weighted by Crippen LogP contribution is 2.06. The number of ether oxygens (including phenoxy) is 1. The molecule has 1 aliphatic rings. The van der Waals surface area contributed by atoms with Crippen LogP contribution < -0.4 is 5.32 Å². The molecule has 1 aliphatic heterocycles. The quantitative estimate of drug-likeness (QED) is 0.553. The molecule has 1 rings (SSSR count). The number of nitrogens with one attached hydrogen (secondary N) is 1. The number of rotatable bonds is 5. The SMILES string of the molecule is CCCCOC(=O)CC1CS(=O)(=O)CCN1. The second-order valence-electron chi connectivity index (χ2n) is 4.04. The summed E-state index contributed by atoms with van der Waals surface area (Å²) in [5.41, 5.74) is 0. The van der Waals surface area contributed by atoms with Crippen molar-refractivity contribution in [3.8, 4) is 0 Å². The van der Waals surface area contributed by atoms with Gasteiger partial charge in [-0.3, -0.25) is 4.79 Å². The number of hydrogen-bond acceptors (Lipinski definition) is 5. The molecule has 0 aromatic heterocycles. The topological polar surface area (TPSA) is 72.5 Å². The second-order valence-corrected chi connectivity index (χ2v) is 6.27. The molecule has 94 valence electrons. The third-order valence-electron chi connectivity index (χ3n) is 2.48. The van der Waals surface area contributed by atoms with Crippen LogP contribution >= 0.6 is 0 Å². The number of hydrogen-bond donors (Lipinski definition) is 1. The summed E-state index contributed by atoms with van der Waals surface area (Å²) in [6.07, 6.45) is 1.97. The Morgan fingerprint density at radius 3 is 2.88 bits per heavy atom. The third-order valence-corrected chi connectivity index (χ3v) is 4.21. The fourth-order valence-corrected chi connectivity index (χ4v) is 3.03. The zero-order chi connectivity index (χ0) is 12.0. The van der Waals surface area contributed by atoms with Crippen molar-refractivity contribution in [2.45, 2.75) is 32.2 Å². The predicted octanol–water partition coefficient (Wildman–Crippen LogP) is 0.106. The van der Waals surface area contributed by atoms with E-state index < -0.39 is 9.84 Å². The van der Waals surface area contributed by atoms with Gasteiger partial charge in [-0.15, -0.1) is 0 Å². The van der Waals surface area contributed by atoms with Crippen LogP contribution in [0, 0.1) is 0 Å². The number of sulfone groups is 1. The number of unbranched alkanes of at least 4 members (excludes halogenated alkanes) is 1. The fourth-order valence-electron chi connectivity index (χ4n) is 1.59. The Balaban J connectivity index is 2.28. The average molecular weight is 249 g/mol. The lowest BCUT2D eigenvalue weighted by Gasteiger charge is -2.22. The van der Waals surface area contributed by atoms with Crippen LogP contribution in [0.1, 0.15) is 26.2 Å². The lowest BCUT2D eigenvalue weighted by Crippen LogP contribution is -2.46. The summed E-state index contributed by atoms with van der Waals surface area (Å²) in [6, 6.07) is -0.284.